The second-order valence-corrected chi connectivity index (χ2v) is 7.40. The zero-order chi connectivity index (χ0) is 20.1. The van der Waals surface area contributed by atoms with Gasteiger partial charge in [-0.1, -0.05) is 38.0 Å². The van der Waals surface area contributed by atoms with E-state index in [4.69, 9.17) is 9.84 Å². The lowest BCUT2D eigenvalue weighted by Gasteiger charge is -2.36. The highest BCUT2D eigenvalue weighted by Crippen LogP contribution is 2.38. The van der Waals surface area contributed by atoms with Gasteiger partial charge in [-0.3, -0.25) is 14.5 Å². The molecule has 1 aromatic rings. The van der Waals surface area contributed by atoms with Crippen LogP contribution in [-0.4, -0.2) is 53.1 Å². The molecule has 2 aliphatic rings. The van der Waals surface area contributed by atoms with Gasteiger partial charge >= 0.3 is 6.03 Å². The van der Waals surface area contributed by atoms with Crippen LogP contribution < -0.4 is 15.4 Å². The van der Waals surface area contributed by atoms with Crippen molar-refractivity contribution in [2.75, 3.05) is 19.8 Å². The number of aliphatic hydroxyl groups excluding tert-OH is 1. The zero-order valence-corrected chi connectivity index (χ0v) is 16.1. The summed E-state index contributed by atoms with van der Waals surface area (Å²) < 4.78 is 5.44. The Bertz CT molecular complexity index is 753. The van der Waals surface area contributed by atoms with Crippen LogP contribution in [0, 0.1) is 5.92 Å². The van der Waals surface area contributed by atoms with Crippen LogP contribution in [-0.2, 0) is 16.1 Å². The van der Waals surface area contributed by atoms with Gasteiger partial charge in [0.2, 0.25) is 5.91 Å². The molecule has 1 spiro atoms. The molecule has 1 heterocycles. The lowest BCUT2D eigenvalue weighted by atomic mass is 9.73. The van der Waals surface area contributed by atoms with Crippen LogP contribution in [0.3, 0.4) is 0 Å². The summed E-state index contributed by atoms with van der Waals surface area (Å²) in [6, 6.07) is 6.68. The van der Waals surface area contributed by atoms with Crippen LogP contribution in [0.1, 0.15) is 38.2 Å². The number of urea groups is 1. The first-order chi connectivity index (χ1) is 13.5. The van der Waals surface area contributed by atoms with E-state index in [1.165, 1.54) is 0 Å². The largest absolute Gasteiger partial charge is 0.491 e. The second-order valence-electron chi connectivity index (χ2n) is 7.40. The predicted octanol–water partition coefficient (Wildman–Crippen LogP) is 1.17. The van der Waals surface area contributed by atoms with Gasteiger partial charge in [-0.25, -0.2) is 4.79 Å². The second kappa shape index (κ2) is 8.60. The highest BCUT2D eigenvalue weighted by molar-refractivity contribution is 6.09. The zero-order valence-electron chi connectivity index (χ0n) is 16.1. The van der Waals surface area contributed by atoms with E-state index in [2.05, 4.69) is 10.6 Å². The van der Waals surface area contributed by atoms with E-state index < -0.39 is 17.5 Å². The molecule has 0 bridgehead atoms. The van der Waals surface area contributed by atoms with Crippen LogP contribution in [0.2, 0.25) is 0 Å². The molecular formula is C20H27N3O5. The quantitative estimate of drug-likeness (QED) is 0.607. The predicted molar refractivity (Wildman–Crippen MR) is 101 cm³/mol. The summed E-state index contributed by atoms with van der Waals surface area (Å²) in [6.07, 6.45) is 3.44. The summed E-state index contributed by atoms with van der Waals surface area (Å²) >= 11 is 0. The first-order valence-corrected chi connectivity index (χ1v) is 9.70. The van der Waals surface area contributed by atoms with Gasteiger partial charge in [0.1, 0.15) is 24.4 Å². The molecule has 1 aliphatic carbocycles. The van der Waals surface area contributed by atoms with Crippen molar-refractivity contribution in [3.05, 3.63) is 29.8 Å². The monoisotopic (exact) mass is 389 g/mol. The molecule has 8 nitrogen and oxygen atoms in total. The third-order valence-electron chi connectivity index (χ3n) is 5.60. The Hall–Kier alpha value is -2.61. The van der Waals surface area contributed by atoms with Crippen molar-refractivity contribution in [2.45, 2.75) is 44.7 Å². The number of para-hydroxylation sites is 1. The average molecular weight is 389 g/mol. The van der Waals surface area contributed by atoms with E-state index >= 15 is 0 Å². The molecule has 4 amide bonds. The van der Waals surface area contributed by atoms with Crippen LogP contribution in [0.4, 0.5) is 4.79 Å². The van der Waals surface area contributed by atoms with Gasteiger partial charge < -0.3 is 20.5 Å². The van der Waals surface area contributed by atoms with Crippen molar-refractivity contribution in [3.63, 3.8) is 0 Å². The third-order valence-corrected chi connectivity index (χ3v) is 5.60. The van der Waals surface area contributed by atoms with Gasteiger partial charge in [0.15, 0.2) is 0 Å². The molecule has 0 unspecified atom stereocenters. The lowest BCUT2D eigenvalue weighted by molar-refractivity contribution is -0.137. The summed E-state index contributed by atoms with van der Waals surface area (Å²) in [7, 11) is 0. The van der Waals surface area contributed by atoms with Crippen LogP contribution in [0.25, 0.3) is 0 Å². The number of carbonyl (C=O) groups is 3. The summed E-state index contributed by atoms with van der Waals surface area (Å²) in [5.74, 6) is -0.0874. The van der Waals surface area contributed by atoms with E-state index in [1.807, 2.05) is 13.0 Å². The minimum absolute atomic E-state index is 0.0568. The van der Waals surface area contributed by atoms with Gasteiger partial charge in [-0.2, -0.15) is 0 Å². The van der Waals surface area contributed by atoms with Crippen LogP contribution >= 0.6 is 0 Å². The molecule has 3 N–H and O–H groups in total. The number of hydrogen-bond donors (Lipinski definition) is 3. The highest BCUT2D eigenvalue weighted by atomic mass is 16.5. The molecule has 3 rings (SSSR count). The number of nitrogens with zero attached hydrogens (tertiary/aromatic N) is 1. The smallest absolute Gasteiger partial charge is 0.325 e. The Morgan fingerprint density at radius 3 is 2.89 bits per heavy atom. The maximum absolute atomic E-state index is 12.9. The Balaban J connectivity index is 1.60. The SMILES string of the molecule is C[C@H]1CCCC[C@]12NC(=O)N(CC(=O)NCc1ccccc1OCCO)C2=O. The van der Waals surface area contributed by atoms with Crippen molar-refractivity contribution in [3.8, 4) is 5.75 Å². The van der Waals surface area contributed by atoms with E-state index in [0.29, 0.717) is 12.2 Å². The fraction of sp³-hybridized carbons (Fsp3) is 0.550. The molecule has 28 heavy (non-hydrogen) atoms. The first-order valence-electron chi connectivity index (χ1n) is 9.70. The Morgan fingerprint density at radius 1 is 1.36 bits per heavy atom. The maximum atomic E-state index is 12.9. The number of amides is 4. The molecule has 0 radical (unpaired) electrons. The molecule has 1 saturated carbocycles. The topological polar surface area (TPSA) is 108 Å². The molecule has 1 aromatic carbocycles. The van der Waals surface area contributed by atoms with Crippen molar-refractivity contribution in [1.82, 2.24) is 15.5 Å². The third kappa shape index (κ3) is 3.96. The molecule has 1 aliphatic heterocycles. The van der Waals surface area contributed by atoms with E-state index in [9.17, 15) is 14.4 Å². The average Bonchev–Trinajstić information content (AvgIpc) is 2.92. The standard InChI is InChI=1S/C20H27N3O5/c1-14-6-4-5-9-20(14)18(26)23(19(27)22-20)13-17(25)21-12-15-7-2-3-8-16(15)28-11-10-24/h2-3,7-8,14,24H,4-6,9-13H2,1H3,(H,21,25)(H,22,27)/t14-,20-/m0/s1. The number of benzene rings is 1. The lowest BCUT2D eigenvalue weighted by Crippen LogP contribution is -2.54. The molecule has 2 fully saturated rings. The summed E-state index contributed by atoms with van der Waals surface area (Å²) in [4.78, 5) is 38.7. The number of nitrogens with one attached hydrogen (secondary N) is 2. The molecular weight excluding hydrogens is 362 g/mol. The molecule has 1 saturated heterocycles. The number of ether oxygens (including phenoxy) is 1. The summed E-state index contributed by atoms with van der Waals surface area (Å²) in [5, 5.41) is 14.5. The molecule has 152 valence electrons. The molecule has 2 atom stereocenters. The van der Waals surface area contributed by atoms with E-state index in [0.717, 1.165) is 29.7 Å². The molecule has 8 heteroatoms. The number of aliphatic hydroxyl groups is 1. The number of hydrogen-bond acceptors (Lipinski definition) is 5. The number of rotatable bonds is 7. The van der Waals surface area contributed by atoms with Crippen molar-refractivity contribution < 1.29 is 24.2 Å². The van der Waals surface area contributed by atoms with Gasteiger partial charge in [0.25, 0.3) is 5.91 Å². The fourth-order valence-electron chi connectivity index (χ4n) is 3.98. The highest BCUT2D eigenvalue weighted by Gasteiger charge is 2.55. The summed E-state index contributed by atoms with van der Waals surface area (Å²) in [5.41, 5.74) is -0.112. The van der Waals surface area contributed by atoms with Crippen LogP contribution in [0.5, 0.6) is 5.75 Å². The van der Waals surface area contributed by atoms with E-state index in [1.54, 1.807) is 18.2 Å². The Morgan fingerprint density at radius 2 is 2.14 bits per heavy atom. The van der Waals surface area contributed by atoms with Gasteiger partial charge in [0.05, 0.1) is 6.61 Å². The fourth-order valence-corrected chi connectivity index (χ4v) is 3.98. The van der Waals surface area contributed by atoms with Gasteiger partial charge in [-0.05, 0) is 24.8 Å². The van der Waals surface area contributed by atoms with Gasteiger partial charge in [0, 0.05) is 12.1 Å². The summed E-state index contributed by atoms with van der Waals surface area (Å²) in [6.45, 7) is 1.93. The number of carbonyl (C=O) groups excluding carboxylic acids is 3. The van der Waals surface area contributed by atoms with E-state index in [-0.39, 0.29) is 38.1 Å². The van der Waals surface area contributed by atoms with Crippen molar-refractivity contribution >= 4 is 17.8 Å². The minimum atomic E-state index is -0.861. The van der Waals surface area contributed by atoms with Crippen molar-refractivity contribution in [2.24, 2.45) is 5.92 Å². The van der Waals surface area contributed by atoms with Crippen LogP contribution in [0.15, 0.2) is 24.3 Å². The minimum Gasteiger partial charge on any atom is -0.491 e. The normalized spacial score (nSPS) is 24.4. The first kappa shape index (κ1) is 20.1. The molecule has 0 aromatic heterocycles. The maximum Gasteiger partial charge on any atom is 0.325 e. The number of imide groups is 1. The Labute approximate surface area is 164 Å². The van der Waals surface area contributed by atoms with Gasteiger partial charge in [-0.15, -0.1) is 0 Å². The Kier molecular flexibility index (Phi) is 6.18. The van der Waals surface area contributed by atoms with Crippen molar-refractivity contribution in [1.29, 1.82) is 0 Å².